The van der Waals surface area contributed by atoms with Crippen LogP contribution in [0.3, 0.4) is 0 Å². The van der Waals surface area contributed by atoms with Crippen molar-refractivity contribution in [1.29, 1.82) is 0 Å². The van der Waals surface area contributed by atoms with Gasteiger partial charge < -0.3 is 9.84 Å². The fourth-order valence-electron chi connectivity index (χ4n) is 1.04. The van der Waals surface area contributed by atoms with Crippen molar-refractivity contribution >= 4 is 27.5 Å². The van der Waals surface area contributed by atoms with Crippen LogP contribution in [-0.2, 0) is 0 Å². The molecule has 0 amide bonds. The van der Waals surface area contributed by atoms with Crippen LogP contribution in [-0.4, -0.2) is 18.1 Å². The van der Waals surface area contributed by atoms with Crippen LogP contribution in [0.4, 0.5) is 0 Å². The SMILES string of the molecule is COc1cc(Br)ccc1C(O)CCl. The fraction of sp³-hybridized carbons (Fsp3) is 0.333. The largest absolute Gasteiger partial charge is 0.496 e. The predicted molar refractivity (Wildman–Crippen MR) is 56.4 cm³/mol. The summed E-state index contributed by atoms with van der Waals surface area (Å²) in [6, 6.07) is 5.43. The van der Waals surface area contributed by atoms with Crippen LogP contribution >= 0.6 is 27.5 Å². The van der Waals surface area contributed by atoms with E-state index < -0.39 is 6.10 Å². The molecule has 0 aliphatic carbocycles. The summed E-state index contributed by atoms with van der Waals surface area (Å²) in [4.78, 5) is 0. The summed E-state index contributed by atoms with van der Waals surface area (Å²) in [7, 11) is 1.56. The average Bonchev–Trinajstić information content (AvgIpc) is 2.16. The Kier molecular flexibility index (Phi) is 4.03. The molecular formula is C9H10BrClO2. The Bertz CT molecular complexity index is 291. The van der Waals surface area contributed by atoms with Crippen molar-refractivity contribution in [2.75, 3.05) is 13.0 Å². The van der Waals surface area contributed by atoms with E-state index in [4.69, 9.17) is 16.3 Å². The van der Waals surface area contributed by atoms with E-state index in [-0.39, 0.29) is 5.88 Å². The summed E-state index contributed by atoms with van der Waals surface area (Å²) >= 11 is 8.85. The minimum absolute atomic E-state index is 0.165. The van der Waals surface area contributed by atoms with E-state index in [9.17, 15) is 5.11 Å². The van der Waals surface area contributed by atoms with Gasteiger partial charge in [-0.05, 0) is 12.1 Å². The maximum absolute atomic E-state index is 9.50. The predicted octanol–water partition coefficient (Wildman–Crippen LogP) is 2.73. The lowest BCUT2D eigenvalue weighted by Gasteiger charge is -2.12. The summed E-state index contributed by atoms with van der Waals surface area (Å²) in [6.45, 7) is 0. The molecule has 0 radical (unpaired) electrons. The second-order valence-electron chi connectivity index (χ2n) is 2.56. The zero-order valence-corrected chi connectivity index (χ0v) is 9.47. The van der Waals surface area contributed by atoms with Crippen LogP contribution in [0.15, 0.2) is 22.7 Å². The third kappa shape index (κ3) is 2.59. The third-order valence-electron chi connectivity index (χ3n) is 1.70. The molecule has 1 atom stereocenters. The molecule has 1 aromatic carbocycles. The maximum atomic E-state index is 9.50. The van der Waals surface area contributed by atoms with Crippen molar-refractivity contribution < 1.29 is 9.84 Å². The molecule has 0 bridgehead atoms. The minimum Gasteiger partial charge on any atom is -0.496 e. The first-order valence-corrected chi connectivity index (χ1v) is 5.09. The van der Waals surface area contributed by atoms with E-state index >= 15 is 0 Å². The Labute approximate surface area is 90.6 Å². The second-order valence-corrected chi connectivity index (χ2v) is 3.78. The van der Waals surface area contributed by atoms with E-state index in [0.29, 0.717) is 11.3 Å². The zero-order chi connectivity index (χ0) is 9.84. The maximum Gasteiger partial charge on any atom is 0.125 e. The number of benzene rings is 1. The van der Waals surface area contributed by atoms with Crippen LogP contribution in [0, 0.1) is 0 Å². The van der Waals surface area contributed by atoms with Gasteiger partial charge in [0, 0.05) is 10.0 Å². The molecule has 0 heterocycles. The lowest BCUT2D eigenvalue weighted by Crippen LogP contribution is -2.01. The molecule has 0 saturated carbocycles. The number of rotatable bonds is 3. The number of alkyl halides is 1. The van der Waals surface area contributed by atoms with E-state index in [1.807, 2.05) is 6.07 Å². The van der Waals surface area contributed by atoms with Gasteiger partial charge in [0.2, 0.25) is 0 Å². The highest BCUT2D eigenvalue weighted by molar-refractivity contribution is 9.10. The number of hydrogen-bond acceptors (Lipinski definition) is 2. The van der Waals surface area contributed by atoms with Crippen molar-refractivity contribution in [3.63, 3.8) is 0 Å². The molecule has 13 heavy (non-hydrogen) atoms. The average molecular weight is 266 g/mol. The van der Waals surface area contributed by atoms with Gasteiger partial charge in [0.25, 0.3) is 0 Å². The molecule has 0 spiro atoms. The number of hydrogen-bond donors (Lipinski definition) is 1. The summed E-state index contributed by atoms with van der Waals surface area (Å²) in [5.41, 5.74) is 0.709. The molecule has 1 N–H and O–H groups in total. The Hall–Kier alpha value is -0.250. The number of ether oxygens (including phenoxy) is 1. The van der Waals surface area contributed by atoms with Gasteiger partial charge in [-0.3, -0.25) is 0 Å². The first-order valence-electron chi connectivity index (χ1n) is 3.76. The van der Waals surface area contributed by atoms with Gasteiger partial charge in [-0.1, -0.05) is 22.0 Å². The second kappa shape index (κ2) is 4.84. The van der Waals surface area contributed by atoms with E-state index in [0.717, 1.165) is 4.47 Å². The summed E-state index contributed by atoms with van der Waals surface area (Å²) in [5.74, 6) is 0.806. The Morgan fingerprint density at radius 3 is 2.85 bits per heavy atom. The minimum atomic E-state index is -0.676. The molecule has 0 fully saturated rings. The van der Waals surface area contributed by atoms with E-state index in [2.05, 4.69) is 15.9 Å². The van der Waals surface area contributed by atoms with Crippen LogP contribution in [0.1, 0.15) is 11.7 Å². The summed E-state index contributed by atoms with van der Waals surface area (Å²) in [6.07, 6.45) is -0.676. The molecule has 4 heteroatoms. The molecule has 0 aliphatic rings. The molecular weight excluding hydrogens is 255 g/mol. The van der Waals surface area contributed by atoms with Crippen LogP contribution < -0.4 is 4.74 Å². The van der Waals surface area contributed by atoms with Crippen LogP contribution in [0.25, 0.3) is 0 Å². The summed E-state index contributed by atoms with van der Waals surface area (Å²) < 4.78 is 6.01. The Morgan fingerprint density at radius 1 is 1.62 bits per heavy atom. The highest BCUT2D eigenvalue weighted by Gasteiger charge is 2.11. The number of aliphatic hydroxyl groups excluding tert-OH is 1. The molecule has 1 unspecified atom stereocenters. The molecule has 1 rings (SSSR count). The topological polar surface area (TPSA) is 29.5 Å². The van der Waals surface area contributed by atoms with Gasteiger partial charge in [0.15, 0.2) is 0 Å². The standard InChI is InChI=1S/C9H10BrClO2/c1-13-9-4-6(10)2-3-7(9)8(12)5-11/h2-4,8,12H,5H2,1H3. The molecule has 0 saturated heterocycles. The molecule has 1 aromatic rings. The lowest BCUT2D eigenvalue weighted by molar-refractivity contribution is 0.197. The van der Waals surface area contributed by atoms with Crippen molar-refractivity contribution in [2.45, 2.75) is 6.10 Å². The number of methoxy groups -OCH3 is 1. The monoisotopic (exact) mass is 264 g/mol. The third-order valence-corrected chi connectivity index (χ3v) is 2.49. The quantitative estimate of drug-likeness (QED) is 0.852. The van der Waals surface area contributed by atoms with Crippen LogP contribution in [0.2, 0.25) is 0 Å². The van der Waals surface area contributed by atoms with Gasteiger partial charge >= 0.3 is 0 Å². The van der Waals surface area contributed by atoms with Gasteiger partial charge in [-0.15, -0.1) is 11.6 Å². The highest BCUT2D eigenvalue weighted by atomic mass is 79.9. The zero-order valence-electron chi connectivity index (χ0n) is 7.13. The van der Waals surface area contributed by atoms with Crippen molar-refractivity contribution in [2.24, 2.45) is 0 Å². The lowest BCUT2D eigenvalue weighted by atomic mass is 10.1. The Morgan fingerprint density at radius 2 is 2.31 bits per heavy atom. The van der Waals surface area contributed by atoms with E-state index in [1.54, 1.807) is 19.2 Å². The van der Waals surface area contributed by atoms with Crippen molar-refractivity contribution in [3.8, 4) is 5.75 Å². The molecule has 0 aromatic heterocycles. The smallest absolute Gasteiger partial charge is 0.125 e. The van der Waals surface area contributed by atoms with Crippen molar-refractivity contribution in [3.05, 3.63) is 28.2 Å². The van der Waals surface area contributed by atoms with Crippen LogP contribution in [0.5, 0.6) is 5.75 Å². The Balaban J connectivity index is 3.05. The summed E-state index contributed by atoms with van der Waals surface area (Å²) in [5, 5.41) is 9.50. The van der Waals surface area contributed by atoms with Gasteiger partial charge in [-0.25, -0.2) is 0 Å². The molecule has 72 valence electrons. The van der Waals surface area contributed by atoms with Gasteiger partial charge in [0.05, 0.1) is 19.1 Å². The highest BCUT2D eigenvalue weighted by Crippen LogP contribution is 2.28. The van der Waals surface area contributed by atoms with Gasteiger partial charge in [-0.2, -0.15) is 0 Å². The number of halogens is 2. The first kappa shape index (κ1) is 10.8. The normalized spacial score (nSPS) is 12.6. The van der Waals surface area contributed by atoms with Gasteiger partial charge in [0.1, 0.15) is 5.75 Å². The number of aliphatic hydroxyl groups is 1. The molecule has 0 aliphatic heterocycles. The van der Waals surface area contributed by atoms with Crippen molar-refractivity contribution in [1.82, 2.24) is 0 Å². The molecule has 2 nitrogen and oxygen atoms in total. The fourth-order valence-corrected chi connectivity index (χ4v) is 1.55. The van der Waals surface area contributed by atoms with E-state index in [1.165, 1.54) is 0 Å². The first-order chi connectivity index (χ1) is 6.19.